The minimum Gasteiger partial charge on any atom is -0.507 e. The summed E-state index contributed by atoms with van der Waals surface area (Å²) < 4.78 is 0. The van der Waals surface area contributed by atoms with Crippen LogP contribution in [0, 0.1) is 0 Å². The smallest absolute Gasteiger partial charge is 0.139 e. The summed E-state index contributed by atoms with van der Waals surface area (Å²) in [6, 6.07) is 48.9. The number of rotatable bonds is 24. The van der Waals surface area contributed by atoms with Crippen LogP contribution in [0.15, 0.2) is 145 Å². The average Bonchev–Trinajstić information content (AvgIpc) is 1.53. The molecule has 0 fully saturated rings. The second-order valence-corrected chi connectivity index (χ2v) is 57.1. The van der Waals surface area contributed by atoms with Crippen molar-refractivity contribution in [2.24, 2.45) is 0 Å². The molecule has 9 aliphatic rings. The molecule has 6 nitrogen and oxygen atoms in total. The van der Waals surface area contributed by atoms with Crippen molar-refractivity contribution in [3.8, 4) is 56.0 Å². The van der Waals surface area contributed by atoms with Gasteiger partial charge in [0, 0.05) is 57.4 Å². The molecule has 0 heterocycles. The van der Waals surface area contributed by atoms with Crippen molar-refractivity contribution in [3.63, 3.8) is 0 Å². The van der Waals surface area contributed by atoms with Crippen molar-refractivity contribution in [2.75, 3.05) is 9.80 Å². The summed E-state index contributed by atoms with van der Waals surface area (Å²) in [4.78, 5) is 4.56. The number of phenols is 2. The summed E-state index contributed by atoms with van der Waals surface area (Å²) in [5.41, 5.74) is 47.4. The third-order valence-corrected chi connectivity index (χ3v) is 37.1. The summed E-state index contributed by atoms with van der Waals surface area (Å²) in [5.74, 6) is -0.608. The average molecular weight is 1900 g/mol. The molecular weight excluding hydrogens is 1730 g/mol. The number of fused-ring (bicyclic) bond motifs is 8. The predicted molar refractivity (Wildman–Crippen MR) is 606 cm³/mol. The zero-order valence-electron chi connectivity index (χ0n) is 94.5. The lowest BCUT2D eigenvalue weighted by Crippen LogP contribution is -2.21. The Morgan fingerprint density at radius 1 is 0.197 bits per heavy atom. The number of phenolic OH excluding ortho intramolecular Hbond substituents is 2. The van der Waals surface area contributed by atoms with Gasteiger partial charge in [0.05, 0.1) is 11.1 Å². The largest absolute Gasteiger partial charge is 0.507 e. The molecule has 752 valence electrons. The highest BCUT2D eigenvalue weighted by atomic mass is 16.3. The van der Waals surface area contributed by atoms with Crippen LogP contribution in [0.1, 0.15) is 474 Å². The van der Waals surface area contributed by atoms with E-state index in [0.717, 1.165) is 137 Å². The van der Waals surface area contributed by atoms with E-state index in [1.807, 2.05) is 24.3 Å². The highest BCUT2D eigenvalue weighted by Gasteiger charge is 2.59. The number of aliphatic hydroxyl groups is 2. The van der Waals surface area contributed by atoms with Crippen LogP contribution in [-0.4, -0.2) is 20.4 Å². The van der Waals surface area contributed by atoms with Crippen molar-refractivity contribution in [3.05, 3.63) is 267 Å². The van der Waals surface area contributed by atoms with Gasteiger partial charge in [0.15, 0.2) is 0 Å². The minimum atomic E-state index is -0.206. The normalized spacial score (nSPS) is 21.3. The van der Waals surface area contributed by atoms with Gasteiger partial charge in [-0.05, 0) is 418 Å². The number of hydrogen-bond donors (Lipinski definition) is 4. The highest BCUT2D eigenvalue weighted by molar-refractivity contribution is 6.08. The van der Waals surface area contributed by atoms with Gasteiger partial charge in [0.1, 0.15) is 23.0 Å². The summed E-state index contributed by atoms with van der Waals surface area (Å²) in [7, 11) is 0. The van der Waals surface area contributed by atoms with E-state index < -0.39 is 0 Å². The number of benzene rings is 10. The van der Waals surface area contributed by atoms with Gasteiger partial charge in [-0.3, -0.25) is 0 Å². The molecule has 4 N–H and O–H groups in total. The first-order chi connectivity index (χ1) is 65.8. The van der Waals surface area contributed by atoms with Gasteiger partial charge in [0.25, 0.3) is 0 Å². The van der Waals surface area contributed by atoms with Crippen LogP contribution in [-0.2, 0) is 112 Å². The monoisotopic (exact) mass is 1900 g/mol. The Morgan fingerprint density at radius 3 is 0.493 bits per heavy atom. The fourth-order valence-electron chi connectivity index (χ4n) is 35.1. The molecular formula is C136H174N2O4. The third-order valence-electron chi connectivity index (χ3n) is 37.1. The van der Waals surface area contributed by atoms with E-state index in [1.165, 1.54) is 115 Å². The van der Waals surface area contributed by atoms with Crippen LogP contribution in [0.2, 0.25) is 0 Å². The van der Waals surface area contributed by atoms with Crippen LogP contribution in [0.25, 0.3) is 55.7 Å². The van der Waals surface area contributed by atoms with Crippen LogP contribution in [0.5, 0.6) is 11.5 Å². The van der Waals surface area contributed by atoms with Crippen molar-refractivity contribution in [1.82, 2.24) is 0 Å². The lowest BCUT2D eigenvalue weighted by Gasteiger charge is -2.33. The number of aliphatic hydroxyl groups excluding tert-OH is 2. The second-order valence-electron chi connectivity index (χ2n) is 57.1. The lowest BCUT2D eigenvalue weighted by atomic mass is 9.71. The highest BCUT2D eigenvalue weighted by Crippen LogP contribution is 2.70. The van der Waals surface area contributed by atoms with Crippen LogP contribution < -0.4 is 9.80 Å². The number of nitrogens with zero attached hydrogens (tertiary/aromatic N) is 2. The molecule has 10 aromatic carbocycles. The topological polar surface area (TPSA) is 87.4 Å². The molecule has 10 aromatic rings. The van der Waals surface area contributed by atoms with Crippen LogP contribution in [0.4, 0.5) is 34.1 Å². The van der Waals surface area contributed by atoms with E-state index in [9.17, 15) is 20.4 Å². The summed E-state index contributed by atoms with van der Waals surface area (Å²) in [5, 5.41) is 51.7. The van der Waals surface area contributed by atoms with E-state index in [2.05, 4.69) is 356 Å². The lowest BCUT2D eigenvalue weighted by molar-refractivity contribution is 0.386. The van der Waals surface area contributed by atoms with Gasteiger partial charge in [-0.2, -0.15) is 0 Å². The van der Waals surface area contributed by atoms with Gasteiger partial charge in [0.2, 0.25) is 0 Å². The number of aromatic hydroxyl groups is 2. The Morgan fingerprint density at radius 2 is 0.345 bits per heavy atom. The fraction of sp³-hybridized carbons (Fsp3) is 0.529. The molecule has 142 heavy (non-hydrogen) atoms. The first-order valence-corrected chi connectivity index (χ1v) is 55.4. The minimum absolute atomic E-state index is 0.00711. The van der Waals surface area contributed by atoms with Crippen molar-refractivity contribution in [2.45, 2.75) is 464 Å². The first-order valence-electron chi connectivity index (χ1n) is 55.4. The van der Waals surface area contributed by atoms with Crippen molar-refractivity contribution >= 4 is 45.3 Å². The van der Waals surface area contributed by atoms with E-state index in [0.29, 0.717) is 0 Å². The molecule has 0 radical (unpaired) electrons. The maximum atomic E-state index is 13.0. The van der Waals surface area contributed by atoms with E-state index in [1.54, 1.807) is 78.9 Å². The molecule has 0 bridgehead atoms. The Balaban J connectivity index is 0.735. The molecule has 9 aliphatic carbocycles. The number of unbranched alkanes of at least 4 members (excludes halogenated alkanes) is 4. The Labute approximate surface area is 857 Å². The maximum Gasteiger partial charge on any atom is 0.139 e. The van der Waals surface area contributed by atoms with Crippen molar-refractivity contribution < 1.29 is 20.4 Å². The molecule has 6 heteroatoms. The van der Waals surface area contributed by atoms with Gasteiger partial charge in [-0.1, -0.05) is 323 Å². The Kier molecular flexibility index (Phi) is 23.5. The summed E-state index contributed by atoms with van der Waals surface area (Å²) in [6.07, 6.45) is 22.3. The van der Waals surface area contributed by atoms with Gasteiger partial charge < -0.3 is 30.2 Å². The Hall–Kier alpha value is -9.52. The molecule has 19 rings (SSSR count). The molecule has 0 amide bonds. The number of allylic oxidation sites excluding steroid dienone is 2. The molecule has 0 saturated carbocycles. The van der Waals surface area contributed by atoms with Crippen LogP contribution >= 0.6 is 0 Å². The number of hydrogen-bond acceptors (Lipinski definition) is 6. The van der Waals surface area contributed by atoms with Gasteiger partial charge in [-0.25, -0.2) is 0 Å². The molecule has 0 spiro atoms. The quantitative estimate of drug-likeness (QED) is 0.0482. The van der Waals surface area contributed by atoms with Crippen LogP contribution in [0.3, 0.4) is 0 Å². The Bertz CT molecular complexity index is 5940. The summed E-state index contributed by atoms with van der Waals surface area (Å²) in [6.45, 7) is 89.7. The third kappa shape index (κ3) is 15.4. The zero-order valence-corrected chi connectivity index (χ0v) is 94.5. The fourth-order valence-corrected chi connectivity index (χ4v) is 35.1. The van der Waals surface area contributed by atoms with Gasteiger partial charge in [-0.15, -0.1) is 0 Å². The molecule has 0 unspecified atom stereocenters. The maximum absolute atomic E-state index is 13.0. The molecule has 0 saturated heterocycles. The van der Waals surface area contributed by atoms with Crippen molar-refractivity contribution in [1.29, 1.82) is 0 Å². The number of anilines is 6. The van der Waals surface area contributed by atoms with E-state index in [4.69, 9.17) is 0 Å². The SMILES string of the molecule is CCCCc1c2c(c(-c3ccc(N(c4ccc(-c5c6c(c(CCCC)c7c5C(C)(C)CC7(C)C)C(C)(C)CC6(C)C)cc4)c4ccc(C5=C(O)C(c6ccc(N(c7ccc(-c8c9c(c(CCCC)c%10c8C(C)(C)CC%10(C)C)C(C)(C)CC9(C)C)cc7)c7ccc(-c8c9c(c(CCCC)c%10c8C(C)(C)CC%10(C)C)C(C)(C)CC9(C)C)cc7)cc6O)=C5O)c(O)c4)cc3)c3c1C(C)(C)CC3(C)C)C(C)(C)CC2(C)C. The van der Waals surface area contributed by atoms with E-state index >= 15 is 0 Å². The molecule has 0 atom stereocenters. The molecule has 0 aliphatic heterocycles. The second kappa shape index (κ2) is 33.0. The molecule has 0 aromatic heterocycles. The zero-order chi connectivity index (χ0) is 103. The van der Waals surface area contributed by atoms with Gasteiger partial charge >= 0.3 is 0 Å². The first kappa shape index (κ1) is 101. The predicted octanol–water partition coefficient (Wildman–Crippen LogP) is 38.0. The standard InChI is InChI=1S/C136H174N2O4/c1-37-41-45-91-103-111(129(21,22)71-121(103,5)6)97(112-104(91)122(7,8)72-130(112,23)24)79-49-57-83(58-50-79)137(84-59-51-80(52-60-84)98-113-105(123(9,10)73-131(113,25)26)92(46-42-38-2)106-114(98)132(27,28)74-124(106,11)12)87-65-67-89(95(139)69-87)101-119(141)102(120(101)142)90-68-66-88(70-96(90)140)138(85-61-53-81(54-62-85)99-115-107(125(13,14)75-133(115,29)30)93(47-43-39-3)108-116(99)134(31,32)76-126(108,15)16)86-63-55-82(56-64-86)100-117-109(127(17,18)77-135(117,33)34)94(48-44-40-4)110-118(100)136(35,36)78-128(110,19)20/h49-70,139-142H,37-48,71-78H2,1-36H3. The summed E-state index contributed by atoms with van der Waals surface area (Å²) >= 11 is 0. The van der Waals surface area contributed by atoms with E-state index in [-0.39, 0.29) is 132 Å².